The number of carbonyl (C=O) groups excluding carboxylic acids is 1. The van der Waals surface area contributed by atoms with Gasteiger partial charge in [0.2, 0.25) is 5.91 Å². The molecule has 0 aromatic heterocycles. The Bertz CT molecular complexity index is 440. The lowest BCUT2D eigenvalue weighted by atomic mass is 9.74. The molecule has 1 aromatic carbocycles. The van der Waals surface area contributed by atoms with Crippen molar-refractivity contribution in [3.8, 4) is 0 Å². The van der Waals surface area contributed by atoms with Crippen molar-refractivity contribution < 1.29 is 9.18 Å². The van der Waals surface area contributed by atoms with E-state index >= 15 is 0 Å². The van der Waals surface area contributed by atoms with Crippen molar-refractivity contribution in [2.24, 2.45) is 0 Å². The second kappa shape index (κ2) is 2.72. The predicted octanol–water partition coefficient (Wildman–Crippen LogP) is 2.11. The number of hydrogen-bond donors (Lipinski definition) is 2. The summed E-state index contributed by atoms with van der Waals surface area (Å²) in [6.07, 6.45) is 2.70. The van der Waals surface area contributed by atoms with E-state index in [-0.39, 0.29) is 11.7 Å². The molecule has 1 spiro atoms. The van der Waals surface area contributed by atoms with Crippen molar-refractivity contribution in [2.45, 2.75) is 24.8 Å². The average Bonchev–Trinajstić information content (AvgIpc) is 2.15. The molecule has 0 saturated heterocycles. The van der Waals surface area contributed by atoms with Crippen molar-refractivity contribution in [3.63, 3.8) is 0 Å². The van der Waals surface area contributed by atoms with E-state index < -0.39 is 5.54 Å². The molecule has 1 aliphatic carbocycles. The minimum atomic E-state index is -0.471. The molecule has 78 valence electrons. The van der Waals surface area contributed by atoms with Crippen LogP contribution in [0.5, 0.6) is 0 Å². The van der Waals surface area contributed by atoms with E-state index in [1.807, 2.05) is 0 Å². The predicted molar refractivity (Wildman–Crippen MR) is 55.2 cm³/mol. The Balaban J connectivity index is 2.03. The fraction of sp³-hybridized carbons (Fsp3) is 0.364. The average molecular weight is 206 g/mol. The van der Waals surface area contributed by atoms with Crippen LogP contribution in [0, 0.1) is 5.82 Å². The number of carbonyl (C=O) groups is 1. The van der Waals surface area contributed by atoms with Gasteiger partial charge >= 0.3 is 0 Å². The Labute approximate surface area is 86.7 Å². The number of hydrogen-bond acceptors (Lipinski definition) is 2. The Hall–Kier alpha value is -1.58. The van der Waals surface area contributed by atoms with Crippen molar-refractivity contribution in [3.05, 3.63) is 24.0 Å². The molecule has 1 aliphatic heterocycles. The molecule has 0 atom stereocenters. The number of anilines is 2. The van der Waals surface area contributed by atoms with Crippen LogP contribution in [0.4, 0.5) is 15.8 Å². The standard InChI is InChI=1S/C11H11FN2O/c12-7-2-3-8-9(6-7)14-11(4-1-5-11)10(15)13-8/h2-3,6,14H,1,4-5H2,(H,13,15). The molecule has 2 aliphatic rings. The first-order valence-corrected chi connectivity index (χ1v) is 5.09. The zero-order valence-corrected chi connectivity index (χ0v) is 8.14. The van der Waals surface area contributed by atoms with Gasteiger partial charge < -0.3 is 10.6 Å². The fourth-order valence-electron chi connectivity index (χ4n) is 2.17. The number of benzene rings is 1. The van der Waals surface area contributed by atoms with E-state index in [1.54, 1.807) is 6.07 Å². The molecular weight excluding hydrogens is 195 g/mol. The van der Waals surface area contributed by atoms with Crippen LogP contribution < -0.4 is 10.6 Å². The molecular formula is C11H11FN2O. The molecule has 1 saturated carbocycles. The van der Waals surface area contributed by atoms with Gasteiger partial charge in [-0.25, -0.2) is 4.39 Å². The summed E-state index contributed by atoms with van der Waals surface area (Å²) < 4.78 is 13.0. The zero-order valence-electron chi connectivity index (χ0n) is 8.14. The summed E-state index contributed by atoms with van der Waals surface area (Å²) >= 11 is 0. The third kappa shape index (κ3) is 1.14. The largest absolute Gasteiger partial charge is 0.369 e. The smallest absolute Gasteiger partial charge is 0.250 e. The first kappa shape index (κ1) is 8.71. The van der Waals surface area contributed by atoms with Crippen LogP contribution in [0.1, 0.15) is 19.3 Å². The first-order chi connectivity index (χ1) is 7.20. The Morgan fingerprint density at radius 1 is 1.27 bits per heavy atom. The SMILES string of the molecule is O=C1Nc2ccc(F)cc2NC12CCC2. The number of rotatable bonds is 0. The van der Waals surface area contributed by atoms with Crippen molar-refractivity contribution in [2.75, 3.05) is 10.6 Å². The second-order valence-corrected chi connectivity index (χ2v) is 4.20. The summed E-state index contributed by atoms with van der Waals surface area (Å²) in [6.45, 7) is 0. The highest BCUT2D eigenvalue weighted by atomic mass is 19.1. The summed E-state index contributed by atoms with van der Waals surface area (Å²) in [5.74, 6) is -0.278. The highest BCUT2D eigenvalue weighted by molar-refractivity contribution is 6.06. The maximum atomic E-state index is 13.0. The van der Waals surface area contributed by atoms with E-state index in [4.69, 9.17) is 0 Å². The van der Waals surface area contributed by atoms with E-state index in [0.717, 1.165) is 19.3 Å². The lowest BCUT2D eigenvalue weighted by Crippen LogP contribution is -2.57. The monoisotopic (exact) mass is 206 g/mol. The molecule has 1 amide bonds. The summed E-state index contributed by atoms with van der Waals surface area (Å²) in [5, 5.41) is 5.96. The molecule has 3 rings (SSSR count). The van der Waals surface area contributed by atoms with E-state index in [2.05, 4.69) is 10.6 Å². The quantitative estimate of drug-likeness (QED) is 0.682. The lowest BCUT2D eigenvalue weighted by Gasteiger charge is -2.44. The van der Waals surface area contributed by atoms with Crippen LogP contribution >= 0.6 is 0 Å². The highest BCUT2D eigenvalue weighted by Gasteiger charge is 2.46. The van der Waals surface area contributed by atoms with E-state index in [9.17, 15) is 9.18 Å². The van der Waals surface area contributed by atoms with Crippen LogP contribution in [0.25, 0.3) is 0 Å². The molecule has 0 bridgehead atoms. The molecule has 4 heteroatoms. The zero-order chi connectivity index (χ0) is 10.5. The minimum absolute atomic E-state index is 0.00728. The molecule has 0 unspecified atom stereocenters. The normalized spacial score (nSPS) is 21.3. The Morgan fingerprint density at radius 2 is 2.07 bits per heavy atom. The summed E-state index contributed by atoms with van der Waals surface area (Å²) in [4.78, 5) is 11.8. The van der Waals surface area contributed by atoms with Crippen LogP contribution in [-0.2, 0) is 4.79 Å². The summed E-state index contributed by atoms with van der Waals surface area (Å²) in [7, 11) is 0. The molecule has 1 fully saturated rings. The van der Waals surface area contributed by atoms with Crippen LogP contribution in [0.15, 0.2) is 18.2 Å². The topological polar surface area (TPSA) is 41.1 Å². The third-order valence-electron chi connectivity index (χ3n) is 3.25. The van der Waals surface area contributed by atoms with Gasteiger partial charge in [0.25, 0.3) is 0 Å². The van der Waals surface area contributed by atoms with E-state index in [0.29, 0.717) is 11.4 Å². The van der Waals surface area contributed by atoms with Crippen molar-refractivity contribution in [1.82, 2.24) is 0 Å². The number of fused-ring (bicyclic) bond motifs is 1. The second-order valence-electron chi connectivity index (χ2n) is 4.20. The molecule has 0 radical (unpaired) electrons. The van der Waals surface area contributed by atoms with Gasteiger partial charge in [0.05, 0.1) is 11.4 Å². The number of nitrogens with one attached hydrogen (secondary N) is 2. The van der Waals surface area contributed by atoms with Crippen molar-refractivity contribution in [1.29, 1.82) is 0 Å². The van der Waals surface area contributed by atoms with Gasteiger partial charge in [-0.3, -0.25) is 4.79 Å². The minimum Gasteiger partial charge on any atom is -0.369 e. The van der Waals surface area contributed by atoms with E-state index in [1.165, 1.54) is 12.1 Å². The Kier molecular flexibility index (Phi) is 1.58. The molecule has 1 aromatic rings. The molecule has 2 N–H and O–H groups in total. The van der Waals surface area contributed by atoms with Crippen LogP contribution in [0.3, 0.4) is 0 Å². The lowest BCUT2D eigenvalue weighted by molar-refractivity contribution is -0.123. The molecule has 1 heterocycles. The molecule has 15 heavy (non-hydrogen) atoms. The summed E-state index contributed by atoms with van der Waals surface area (Å²) in [5.41, 5.74) is 0.883. The maximum absolute atomic E-state index is 13.0. The van der Waals surface area contributed by atoms with Crippen LogP contribution in [-0.4, -0.2) is 11.4 Å². The van der Waals surface area contributed by atoms with Gasteiger partial charge in [-0.15, -0.1) is 0 Å². The molecule has 3 nitrogen and oxygen atoms in total. The summed E-state index contributed by atoms with van der Waals surface area (Å²) in [6, 6.07) is 4.36. The van der Waals surface area contributed by atoms with Gasteiger partial charge in [0.15, 0.2) is 0 Å². The van der Waals surface area contributed by atoms with Gasteiger partial charge in [-0.05, 0) is 37.5 Å². The third-order valence-corrected chi connectivity index (χ3v) is 3.25. The Morgan fingerprint density at radius 3 is 2.73 bits per heavy atom. The van der Waals surface area contributed by atoms with Gasteiger partial charge in [-0.2, -0.15) is 0 Å². The highest BCUT2D eigenvalue weighted by Crippen LogP contribution is 2.41. The number of halogens is 1. The van der Waals surface area contributed by atoms with Crippen molar-refractivity contribution >= 4 is 17.3 Å². The fourth-order valence-corrected chi connectivity index (χ4v) is 2.17. The van der Waals surface area contributed by atoms with Gasteiger partial charge in [0.1, 0.15) is 11.4 Å². The van der Waals surface area contributed by atoms with Gasteiger partial charge in [-0.1, -0.05) is 0 Å². The maximum Gasteiger partial charge on any atom is 0.250 e. The number of amides is 1. The van der Waals surface area contributed by atoms with Gasteiger partial charge in [0, 0.05) is 0 Å². The van der Waals surface area contributed by atoms with Crippen LogP contribution in [0.2, 0.25) is 0 Å². The first-order valence-electron chi connectivity index (χ1n) is 5.09.